The fourth-order valence-corrected chi connectivity index (χ4v) is 1.75. The molecule has 1 aromatic rings. The normalized spacial score (nSPS) is 10.1. The van der Waals surface area contributed by atoms with Gasteiger partial charge in [-0.25, -0.2) is 0 Å². The molecule has 0 heterocycles. The molecule has 1 aromatic carbocycles. The van der Waals surface area contributed by atoms with Gasteiger partial charge in [-0.1, -0.05) is 6.07 Å². The first-order chi connectivity index (χ1) is 7.95. The van der Waals surface area contributed by atoms with Crippen molar-refractivity contribution in [2.24, 2.45) is 0 Å². The molecule has 92 valence electrons. The lowest BCUT2D eigenvalue weighted by atomic mass is 9.98. The molecule has 1 rings (SSSR count). The number of hydrogen-bond donors (Lipinski definition) is 1. The Morgan fingerprint density at radius 3 is 2.41 bits per heavy atom. The quantitative estimate of drug-likeness (QED) is 0.642. The van der Waals surface area contributed by atoms with E-state index in [0.717, 1.165) is 11.1 Å². The van der Waals surface area contributed by atoms with Crippen LogP contribution in [-0.4, -0.2) is 24.0 Å². The number of aryl methyl sites for hydroxylation is 2. The number of ketones is 1. The van der Waals surface area contributed by atoms with Crippen LogP contribution in [0.5, 0.6) is 5.75 Å². The Labute approximate surface area is 100 Å². The highest BCUT2D eigenvalue weighted by molar-refractivity contribution is 6.01. The third-order valence-electron chi connectivity index (χ3n) is 2.52. The van der Waals surface area contributed by atoms with Crippen LogP contribution in [0.15, 0.2) is 12.1 Å². The molecule has 17 heavy (non-hydrogen) atoms. The lowest BCUT2D eigenvalue weighted by molar-refractivity contribution is -0.140. The summed E-state index contributed by atoms with van der Waals surface area (Å²) in [5.74, 6) is -0.703. The lowest BCUT2D eigenvalue weighted by Crippen LogP contribution is -2.07. The van der Waals surface area contributed by atoms with Crippen LogP contribution in [0.25, 0.3) is 0 Å². The van der Waals surface area contributed by atoms with Crippen molar-refractivity contribution in [1.82, 2.24) is 0 Å². The average molecular weight is 236 g/mol. The Morgan fingerprint density at radius 2 is 1.88 bits per heavy atom. The standard InChI is InChI=1S/C13H16O4/c1-8-6-9(2)13(11(15)7-8)10(14)4-5-12(16)17-3/h6-7,15H,4-5H2,1-3H3. The van der Waals surface area contributed by atoms with Crippen LogP contribution in [0, 0.1) is 13.8 Å². The third-order valence-corrected chi connectivity index (χ3v) is 2.52. The van der Waals surface area contributed by atoms with Crippen molar-refractivity contribution in [2.45, 2.75) is 26.7 Å². The van der Waals surface area contributed by atoms with E-state index in [9.17, 15) is 14.7 Å². The number of ether oxygens (including phenoxy) is 1. The predicted octanol–water partition coefficient (Wildman–Crippen LogP) is 2.14. The Kier molecular flexibility index (Phi) is 4.26. The van der Waals surface area contributed by atoms with E-state index in [1.54, 1.807) is 13.0 Å². The summed E-state index contributed by atoms with van der Waals surface area (Å²) < 4.78 is 4.46. The minimum absolute atomic E-state index is 0.0299. The third kappa shape index (κ3) is 3.31. The average Bonchev–Trinajstić information content (AvgIpc) is 2.24. The number of carbonyl (C=O) groups excluding carboxylic acids is 2. The smallest absolute Gasteiger partial charge is 0.305 e. The van der Waals surface area contributed by atoms with Crippen molar-refractivity contribution in [3.05, 3.63) is 28.8 Å². The first-order valence-corrected chi connectivity index (χ1v) is 5.36. The van der Waals surface area contributed by atoms with Crippen LogP contribution < -0.4 is 0 Å². The number of carbonyl (C=O) groups is 2. The van der Waals surface area contributed by atoms with Crippen molar-refractivity contribution in [2.75, 3.05) is 7.11 Å². The lowest BCUT2D eigenvalue weighted by Gasteiger charge is -2.08. The number of methoxy groups -OCH3 is 1. The van der Waals surface area contributed by atoms with Crippen molar-refractivity contribution < 1.29 is 19.4 Å². The molecule has 0 radical (unpaired) electrons. The second kappa shape index (κ2) is 5.48. The molecule has 0 bridgehead atoms. The number of phenolic OH excluding ortho intramolecular Hbond substituents is 1. The van der Waals surface area contributed by atoms with Gasteiger partial charge in [-0.2, -0.15) is 0 Å². The second-order valence-electron chi connectivity index (χ2n) is 3.98. The molecular formula is C13H16O4. The Morgan fingerprint density at radius 1 is 1.24 bits per heavy atom. The highest BCUT2D eigenvalue weighted by Crippen LogP contribution is 2.24. The van der Waals surface area contributed by atoms with E-state index in [0.29, 0.717) is 5.56 Å². The van der Waals surface area contributed by atoms with E-state index >= 15 is 0 Å². The predicted molar refractivity (Wildman–Crippen MR) is 63.2 cm³/mol. The zero-order valence-electron chi connectivity index (χ0n) is 10.2. The number of Topliss-reactive ketones (excluding diaryl/α,β-unsaturated/α-hetero) is 1. The first kappa shape index (κ1) is 13.2. The zero-order valence-corrected chi connectivity index (χ0v) is 10.2. The van der Waals surface area contributed by atoms with Gasteiger partial charge in [0, 0.05) is 6.42 Å². The molecular weight excluding hydrogens is 220 g/mol. The molecule has 4 nitrogen and oxygen atoms in total. The summed E-state index contributed by atoms with van der Waals surface area (Å²) in [6.07, 6.45) is 0.0756. The number of rotatable bonds is 4. The van der Waals surface area contributed by atoms with E-state index in [1.165, 1.54) is 7.11 Å². The van der Waals surface area contributed by atoms with Crippen LogP contribution >= 0.6 is 0 Å². The van der Waals surface area contributed by atoms with Crippen molar-refractivity contribution in [1.29, 1.82) is 0 Å². The maximum absolute atomic E-state index is 11.9. The fraction of sp³-hybridized carbons (Fsp3) is 0.385. The van der Waals surface area contributed by atoms with Crippen molar-refractivity contribution >= 4 is 11.8 Å². The molecule has 0 amide bonds. The molecule has 0 aliphatic carbocycles. The van der Waals surface area contributed by atoms with Gasteiger partial charge in [-0.3, -0.25) is 9.59 Å². The molecule has 0 fully saturated rings. The largest absolute Gasteiger partial charge is 0.507 e. The van der Waals surface area contributed by atoms with Gasteiger partial charge in [0.2, 0.25) is 0 Å². The Balaban J connectivity index is 2.86. The van der Waals surface area contributed by atoms with Crippen LogP contribution in [0.3, 0.4) is 0 Å². The molecule has 0 aromatic heterocycles. The molecule has 4 heteroatoms. The van der Waals surface area contributed by atoms with Gasteiger partial charge in [-0.15, -0.1) is 0 Å². The topological polar surface area (TPSA) is 63.6 Å². The molecule has 0 spiro atoms. The second-order valence-corrected chi connectivity index (χ2v) is 3.98. The van der Waals surface area contributed by atoms with Crippen molar-refractivity contribution in [3.63, 3.8) is 0 Å². The molecule has 0 atom stereocenters. The van der Waals surface area contributed by atoms with Gasteiger partial charge in [0.1, 0.15) is 5.75 Å². The maximum Gasteiger partial charge on any atom is 0.305 e. The van der Waals surface area contributed by atoms with Gasteiger partial charge in [0.15, 0.2) is 5.78 Å². The van der Waals surface area contributed by atoms with E-state index < -0.39 is 5.97 Å². The van der Waals surface area contributed by atoms with Gasteiger partial charge in [-0.05, 0) is 31.0 Å². The number of aromatic hydroxyl groups is 1. The number of hydrogen-bond acceptors (Lipinski definition) is 4. The molecule has 0 aliphatic rings. The summed E-state index contributed by atoms with van der Waals surface area (Å²) in [5, 5.41) is 9.73. The van der Waals surface area contributed by atoms with Crippen molar-refractivity contribution in [3.8, 4) is 5.75 Å². The van der Waals surface area contributed by atoms with E-state index in [2.05, 4.69) is 4.74 Å². The summed E-state index contributed by atoms with van der Waals surface area (Å²) in [6.45, 7) is 3.60. The number of phenols is 1. The van der Waals surface area contributed by atoms with Crippen LogP contribution in [0.1, 0.15) is 34.3 Å². The molecule has 0 unspecified atom stereocenters. The van der Waals surface area contributed by atoms with E-state index in [1.807, 2.05) is 13.0 Å². The van der Waals surface area contributed by atoms with Gasteiger partial charge < -0.3 is 9.84 Å². The molecule has 0 saturated carbocycles. The highest BCUT2D eigenvalue weighted by atomic mass is 16.5. The first-order valence-electron chi connectivity index (χ1n) is 5.36. The summed E-state index contributed by atoms with van der Waals surface area (Å²) in [7, 11) is 1.28. The summed E-state index contributed by atoms with van der Waals surface area (Å²) >= 11 is 0. The fourth-order valence-electron chi connectivity index (χ4n) is 1.75. The molecule has 0 aliphatic heterocycles. The summed E-state index contributed by atoms with van der Waals surface area (Å²) in [6, 6.07) is 3.36. The van der Waals surface area contributed by atoms with E-state index in [-0.39, 0.29) is 24.4 Å². The van der Waals surface area contributed by atoms with Gasteiger partial charge in [0.05, 0.1) is 19.1 Å². The number of benzene rings is 1. The SMILES string of the molecule is COC(=O)CCC(=O)c1c(C)cc(C)cc1O. The Hall–Kier alpha value is -1.84. The van der Waals surface area contributed by atoms with Crippen LogP contribution in [0.2, 0.25) is 0 Å². The minimum atomic E-state index is -0.428. The minimum Gasteiger partial charge on any atom is -0.507 e. The highest BCUT2D eigenvalue weighted by Gasteiger charge is 2.16. The monoisotopic (exact) mass is 236 g/mol. The molecule has 1 N–H and O–H groups in total. The zero-order chi connectivity index (χ0) is 13.0. The number of esters is 1. The van der Waals surface area contributed by atoms with Crippen LogP contribution in [-0.2, 0) is 9.53 Å². The summed E-state index contributed by atoms with van der Waals surface area (Å²) in [4.78, 5) is 22.8. The summed E-state index contributed by atoms with van der Waals surface area (Å²) in [5.41, 5.74) is 1.90. The van der Waals surface area contributed by atoms with Crippen LogP contribution in [0.4, 0.5) is 0 Å². The van der Waals surface area contributed by atoms with E-state index in [4.69, 9.17) is 0 Å². The molecule has 0 saturated heterocycles. The van der Waals surface area contributed by atoms with Gasteiger partial charge in [0.25, 0.3) is 0 Å². The maximum atomic E-state index is 11.9. The Bertz CT molecular complexity index is 426. The van der Waals surface area contributed by atoms with Gasteiger partial charge >= 0.3 is 5.97 Å².